The van der Waals surface area contributed by atoms with Gasteiger partial charge in [0.1, 0.15) is 23.1 Å². The average Bonchev–Trinajstić information content (AvgIpc) is 3.26. The van der Waals surface area contributed by atoms with Crippen LogP contribution < -0.4 is 9.62 Å². The first-order valence-corrected chi connectivity index (χ1v) is 13.0. The second kappa shape index (κ2) is 11.5. The van der Waals surface area contributed by atoms with Crippen molar-refractivity contribution in [3.63, 3.8) is 0 Å². The van der Waals surface area contributed by atoms with Gasteiger partial charge in [-0.2, -0.15) is 8.75 Å². The van der Waals surface area contributed by atoms with Crippen LogP contribution in [0.25, 0.3) is 0 Å². The van der Waals surface area contributed by atoms with Gasteiger partial charge < -0.3 is 9.87 Å². The molecule has 0 saturated heterocycles. The Kier molecular flexibility index (Phi) is 8.33. The highest BCUT2D eigenvalue weighted by molar-refractivity contribution is 14.1. The highest BCUT2D eigenvalue weighted by atomic mass is 127. The number of carbonyl (C=O) groups is 1. The van der Waals surface area contributed by atoms with E-state index in [2.05, 4.69) is 14.1 Å². The molecule has 1 heterocycles. The summed E-state index contributed by atoms with van der Waals surface area (Å²) < 4.78 is 75.8. The fourth-order valence-electron chi connectivity index (χ4n) is 3.39. The molecule has 0 aliphatic heterocycles. The summed E-state index contributed by atoms with van der Waals surface area (Å²) in [5.74, 6) is -4.16. The first-order chi connectivity index (χ1) is 17.2. The summed E-state index contributed by atoms with van der Waals surface area (Å²) in [6.45, 7) is -0.583. The molecule has 186 valence electrons. The summed E-state index contributed by atoms with van der Waals surface area (Å²) in [5, 5.41) is 2.36. The Bertz CT molecular complexity index is 1420. The molecule has 1 aromatic heterocycles. The van der Waals surface area contributed by atoms with E-state index in [0.29, 0.717) is 27.8 Å². The fourth-order valence-corrected chi connectivity index (χ4v) is 5.07. The topological polar surface area (TPSA) is 98.2 Å². The Labute approximate surface area is 224 Å². The van der Waals surface area contributed by atoms with Gasteiger partial charge in [-0.3, -0.25) is 13.3 Å². The number of hydrogen-bond acceptors (Lipinski definition) is 6. The quantitative estimate of drug-likeness (QED) is 0.215. The lowest BCUT2D eigenvalue weighted by molar-refractivity contribution is 0.0951. The molecule has 1 unspecified atom stereocenters. The Hall–Kier alpha value is -2.88. The number of hydrogen-bond donors (Lipinski definition) is 1. The van der Waals surface area contributed by atoms with E-state index >= 15 is 0 Å². The van der Waals surface area contributed by atoms with Gasteiger partial charge in [-0.25, -0.2) is 13.2 Å². The van der Waals surface area contributed by atoms with Crippen molar-refractivity contribution in [2.45, 2.75) is 13.0 Å². The zero-order chi connectivity index (χ0) is 25.8. The summed E-state index contributed by atoms with van der Waals surface area (Å²) in [7, 11) is 0. The average molecular weight is 643 g/mol. The third-order valence-electron chi connectivity index (χ3n) is 5.05. The van der Waals surface area contributed by atoms with Crippen molar-refractivity contribution in [3.8, 4) is 0 Å². The van der Waals surface area contributed by atoms with Gasteiger partial charge in [-0.15, -0.1) is 0 Å². The van der Waals surface area contributed by atoms with Gasteiger partial charge in [0.25, 0.3) is 5.91 Å². The predicted molar refractivity (Wildman–Crippen MR) is 137 cm³/mol. The van der Waals surface area contributed by atoms with E-state index in [4.69, 9.17) is 0 Å². The number of benzene rings is 3. The van der Waals surface area contributed by atoms with E-state index in [1.807, 2.05) is 52.9 Å². The molecule has 1 amide bonds. The Morgan fingerprint density at radius 1 is 1.06 bits per heavy atom. The SMILES string of the molecule is O=C(NCc1c(F)cc(F)cc1F)c1ccc(I)cc1N(c1nsnc1Cc1ccccc1)S(=O)[O-]. The number of rotatable bonds is 8. The lowest BCUT2D eigenvalue weighted by Crippen LogP contribution is -2.28. The number of anilines is 2. The monoisotopic (exact) mass is 643 g/mol. The number of amides is 1. The van der Waals surface area contributed by atoms with Crippen molar-refractivity contribution < 1.29 is 26.7 Å². The van der Waals surface area contributed by atoms with E-state index in [1.165, 1.54) is 12.1 Å². The van der Waals surface area contributed by atoms with Crippen LogP contribution >= 0.6 is 34.3 Å². The summed E-state index contributed by atoms with van der Waals surface area (Å²) >= 11 is -0.107. The van der Waals surface area contributed by atoms with Gasteiger partial charge in [0.2, 0.25) is 0 Å². The fraction of sp³-hybridized carbons (Fsp3) is 0.0870. The Morgan fingerprint density at radius 2 is 1.75 bits per heavy atom. The van der Waals surface area contributed by atoms with Crippen LogP contribution in [0.3, 0.4) is 0 Å². The van der Waals surface area contributed by atoms with Crippen molar-refractivity contribution in [2.24, 2.45) is 0 Å². The van der Waals surface area contributed by atoms with Crippen molar-refractivity contribution in [2.75, 3.05) is 4.31 Å². The standard InChI is InChI=1S/C23H16F3IN4O3S2/c24-14-9-18(25)17(19(26)10-14)12-28-23(32)16-7-6-15(27)11-21(16)31(36(33)34)22-20(29-35-30-22)8-13-4-2-1-3-5-13/h1-7,9-11H,8,12H2,(H,28,32)(H,33,34)/p-1. The van der Waals surface area contributed by atoms with Crippen molar-refractivity contribution in [1.29, 1.82) is 0 Å². The second-order valence-electron chi connectivity index (χ2n) is 7.40. The number of carbonyl (C=O) groups excluding carboxylic acids is 1. The number of nitrogens with zero attached hydrogens (tertiary/aromatic N) is 3. The van der Waals surface area contributed by atoms with Crippen molar-refractivity contribution in [1.82, 2.24) is 14.1 Å². The molecule has 0 spiro atoms. The predicted octanol–water partition coefficient (Wildman–Crippen LogP) is 5.01. The van der Waals surface area contributed by atoms with Gasteiger partial charge in [0.05, 0.1) is 34.2 Å². The van der Waals surface area contributed by atoms with Gasteiger partial charge >= 0.3 is 0 Å². The highest BCUT2D eigenvalue weighted by Crippen LogP contribution is 2.33. The van der Waals surface area contributed by atoms with Crippen LogP contribution in [0.2, 0.25) is 0 Å². The molecule has 0 aliphatic carbocycles. The van der Waals surface area contributed by atoms with E-state index in [9.17, 15) is 26.7 Å². The molecule has 4 rings (SSSR count). The van der Waals surface area contributed by atoms with E-state index in [-0.39, 0.29) is 17.1 Å². The summed E-state index contributed by atoms with van der Waals surface area (Å²) in [4.78, 5) is 13.0. The number of aromatic nitrogens is 2. The molecule has 3 aromatic carbocycles. The van der Waals surface area contributed by atoms with Crippen LogP contribution in [0.15, 0.2) is 60.7 Å². The lowest BCUT2D eigenvalue weighted by atomic mass is 10.1. The van der Waals surface area contributed by atoms with Gasteiger partial charge in [0, 0.05) is 34.2 Å². The van der Waals surface area contributed by atoms with Crippen LogP contribution in [-0.4, -0.2) is 23.4 Å². The van der Waals surface area contributed by atoms with Crippen LogP contribution in [0.1, 0.15) is 27.2 Å². The molecule has 7 nitrogen and oxygen atoms in total. The van der Waals surface area contributed by atoms with Gasteiger partial charge in [-0.05, 0) is 46.4 Å². The molecular formula is C23H15F3IN4O3S2-. The van der Waals surface area contributed by atoms with Crippen molar-refractivity contribution in [3.05, 3.63) is 104 Å². The van der Waals surface area contributed by atoms with Gasteiger partial charge in [0.15, 0.2) is 5.82 Å². The molecule has 1 N–H and O–H groups in total. The summed E-state index contributed by atoms with van der Waals surface area (Å²) in [6, 6.07) is 14.7. The molecule has 4 aromatic rings. The molecule has 0 fully saturated rings. The van der Waals surface area contributed by atoms with Crippen LogP contribution in [0.5, 0.6) is 0 Å². The smallest absolute Gasteiger partial charge is 0.253 e. The minimum Gasteiger partial charge on any atom is -0.755 e. The minimum absolute atomic E-state index is 0.0187. The zero-order valence-corrected chi connectivity index (χ0v) is 21.9. The maximum absolute atomic E-state index is 14.0. The first-order valence-electron chi connectivity index (χ1n) is 10.2. The molecule has 0 aliphatic rings. The third-order valence-corrected chi connectivity index (χ3v) is 6.94. The largest absolute Gasteiger partial charge is 0.755 e. The van der Waals surface area contributed by atoms with E-state index in [1.54, 1.807) is 6.07 Å². The second-order valence-corrected chi connectivity index (χ2v) is 9.97. The molecular weight excluding hydrogens is 628 g/mol. The third kappa shape index (κ3) is 5.91. The van der Waals surface area contributed by atoms with Gasteiger partial charge in [-0.1, -0.05) is 30.3 Å². The molecule has 13 heteroatoms. The van der Waals surface area contributed by atoms with Crippen LogP contribution in [-0.2, 0) is 24.2 Å². The minimum atomic E-state index is -2.89. The molecule has 1 atom stereocenters. The van der Waals surface area contributed by atoms with E-state index < -0.39 is 46.7 Å². The first kappa shape index (κ1) is 26.2. The molecule has 36 heavy (non-hydrogen) atoms. The Balaban J connectivity index is 1.68. The summed E-state index contributed by atoms with van der Waals surface area (Å²) in [5.41, 5.74) is 0.633. The summed E-state index contributed by atoms with van der Waals surface area (Å²) in [6.07, 6.45) is 0.301. The zero-order valence-electron chi connectivity index (χ0n) is 18.1. The highest BCUT2D eigenvalue weighted by Gasteiger charge is 2.25. The number of halogens is 4. The van der Waals surface area contributed by atoms with E-state index in [0.717, 1.165) is 21.6 Å². The molecule has 0 saturated carbocycles. The van der Waals surface area contributed by atoms with Crippen LogP contribution in [0, 0.1) is 21.0 Å². The number of nitrogens with one attached hydrogen (secondary N) is 1. The maximum atomic E-state index is 14.0. The Morgan fingerprint density at radius 3 is 2.42 bits per heavy atom. The lowest BCUT2D eigenvalue weighted by Gasteiger charge is -2.27. The molecule has 0 radical (unpaired) electrons. The maximum Gasteiger partial charge on any atom is 0.253 e. The normalized spacial score (nSPS) is 11.8. The van der Waals surface area contributed by atoms with Crippen LogP contribution in [0.4, 0.5) is 24.7 Å². The molecule has 0 bridgehead atoms. The van der Waals surface area contributed by atoms with Crippen molar-refractivity contribution >= 4 is 63.0 Å².